The summed E-state index contributed by atoms with van der Waals surface area (Å²) in [5.74, 6) is -0.867. The fourth-order valence-electron chi connectivity index (χ4n) is 2.16. The largest absolute Gasteiger partial charge is 0.462 e. The van der Waals surface area contributed by atoms with Gasteiger partial charge in [0.05, 0.1) is 12.2 Å². The molecule has 0 saturated carbocycles. The van der Waals surface area contributed by atoms with Crippen LogP contribution in [0.4, 0.5) is 16.2 Å². The summed E-state index contributed by atoms with van der Waals surface area (Å²) in [6.45, 7) is 2.02. The van der Waals surface area contributed by atoms with Crippen molar-refractivity contribution < 1.29 is 19.1 Å². The lowest BCUT2D eigenvalue weighted by Gasteiger charge is -2.13. The van der Waals surface area contributed by atoms with Crippen molar-refractivity contribution in [2.45, 2.75) is 6.92 Å². The van der Waals surface area contributed by atoms with Crippen molar-refractivity contribution >= 4 is 29.3 Å². The molecule has 8 heteroatoms. The van der Waals surface area contributed by atoms with Crippen molar-refractivity contribution in [3.63, 3.8) is 0 Å². The van der Waals surface area contributed by atoms with Crippen LogP contribution in [0.2, 0.25) is 0 Å². The maximum absolute atomic E-state index is 12.0. The Labute approximate surface area is 157 Å². The molecule has 2 aromatic carbocycles. The van der Waals surface area contributed by atoms with Crippen LogP contribution in [0, 0.1) is 0 Å². The predicted octanol–water partition coefficient (Wildman–Crippen LogP) is 2.40. The lowest BCUT2D eigenvalue weighted by molar-refractivity contribution is 0.0526. The van der Waals surface area contributed by atoms with Gasteiger partial charge in [0.1, 0.15) is 0 Å². The molecule has 27 heavy (non-hydrogen) atoms. The third-order valence-electron chi connectivity index (χ3n) is 3.59. The first-order valence-electron chi connectivity index (χ1n) is 8.32. The van der Waals surface area contributed by atoms with Crippen LogP contribution in [0.1, 0.15) is 27.6 Å². The molecule has 0 heterocycles. The highest BCUT2D eigenvalue weighted by Crippen LogP contribution is 2.12. The monoisotopic (exact) mass is 370 g/mol. The highest BCUT2D eigenvalue weighted by atomic mass is 16.5. The molecule has 0 aliphatic heterocycles. The van der Waals surface area contributed by atoms with E-state index in [0.29, 0.717) is 23.4 Å². The summed E-state index contributed by atoms with van der Waals surface area (Å²) in [6.07, 6.45) is 0. The van der Waals surface area contributed by atoms with Gasteiger partial charge in [-0.25, -0.2) is 15.0 Å². The number of ether oxygens (including phenoxy) is 1. The number of carbonyl (C=O) groups excluding carboxylic acids is 3. The van der Waals surface area contributed by atoms with E-state index >= 15 is 0 Å². The van der Waals surface area contributed by atoms with Crippen molar-refractivity contribution in [2.75, 3.05) is 30.9 Å². The van der Waals surface area contributed by atoms with E-state index in [-0.39, 0.29) is 0 Å². The van der Waals surface area contributed by atoms with Crippen LogP contribution in [0.15, 0.2) is 48.5 Å². The Bertz CT molecular complexity index is 801. The zero-order valence-electron chi connectivity index (χ0n) is 15.4. The molecular weight excluding hydrogens is 348 g/mol. The number of benzene rings is 2. The second kappa shape index (κ2) is 9.23. The molecule has 0 radical (unpaired) electrons. The number of nitrogens with one attached hydrogen (secondary N) is 3. The van der Waals surface area contributed by atoms with Gasteiger partial charge in [-0.2, -0.15) is 0 Å². The summed E-state index contributed by atoms with van der Waals surface area (Å²) >= 11 is 0. The maximum Gasteiger partial charge on any atom is 0.338 e. The smallest absolute Gasteiger partial charge is 0.338 e. The summed E-state index contributed by atoms with van der Waals surface area (Å²) in [5.41, 5.74) is 6.83. The lowest BCUT2D eigenvalue weighted by Crippen LogP contribution is -2.43. The van der Waals surface area contributed by atoms with Gasteiger partial charge in [0.15, 0.2) is 0 Å². The Kier molecular flexibility index (Phi) is 6.76. The molecule has 3 N–H and O–H groups in total. The van der Waals surface area contributed by atoms with E-state index in [1.54, 1.807) is 55.5 Å². The van der Waals surface area contributed by atoms with Crippen LogP contribution in [0.25, 0.3) is 0 Å². The predicted molar refractivity (Wildman–Crippen MR) is 103 cm³/mol. The van der Waals surface area contributed by atoms with Gasteiger partial charge in [-0.05, 0) is 55.5 Å². The Morgan fingerprint density at radius 1 is 0.889 bits per heavy atom. The second-order valence-corrected chi connectivity index (χ2v) is 5.77. The topological polar surface area (TPSA) is 99.8 Å². The molecule has 2 rings (SSSR count). The van der Waals surface area contributed by atoms with Gasteiger partial charge in [0.2, 0.25) is 0 Å². The number of rotatable bonds is 5. The third-order valence-corrected chi connectivity index (χ3v) is 3.59. The van der Waals surface area contributed by atoms with E-state index in [2.05, 4.69) is 16.2 Å². The van der Waals surface area contributed by atoms with E-state index in [0.717, 1.165) is 5.69 Å². The van der Waals surface area contributed by atoms with Crippen molar-refractivity contribution in [3.05, 3.63) is 59.7 Å². The molecule has 3 amide bonds. The number of anilines is 2. The van der Waals surface area contributed by atoms with Crippen LogP contribution < -0.4 is 21.1 Å². The standard InChI is InChI=1S/C19H22N4O4/c1-4-27-18(25)14-5-9-15(10-6-14)20-19(26)22-21-17(24)13-7-11-16(12-8-13)23(2)3/h5-12H,4H2,1-3H3,(H,21,24)(H2,20,22,26). The van der Waals surface area contributed by atoms with E-state index in [1.807, 2.05) is 19.0 Å². The molecule has 2 aromatic rings. The fraction of sp³-hybridized carbons (Fsp3) is 0.211. The molecule has 0 spiro atoms. The Morgan fingerprint density at radius 3 is 2.04 bits per heavy atom. The first-order valence-corrected chi connectivity index (χ1v) is 8.32. The molecule has 142 valence electrons. The third kappa shape index (κ3) is 5.74. The van der Waals surface area contributed by atoms with Crippen molar-refractivity contribution in [3.8, 4) is 0 Å². The lowest BCUT2D eigenvalue weighted by atomic mass is 10.2. The molecular formula is C19H22N4O4. The minimum atomic E-state index is -0.614. The van der Waals surface area contributed by atoms with Gasteiger partial charge in [-0.15, -0.1) is 0 Å². The second-order valence-electron chi connectivity index (χ2n) is 5.77. The fourth-order valence-corrected chi connectivity index (χ4v) is 2.16. The normalized spacial score (nSPS) is 9.89. The van der Waals surface area contributed by atoms with Crippen molar-refractivity contribution in [1.82, 2.24) is 10.9 Å². The molecule has 0 bridgehead atoms. The zero-order valence-corrected chi connectivity index (χ0v) is 15.4. The minimum Gasteiger partial charge on any atom is -0.462 e. The highest BCUT2D eigenvalue weighted by molar-refractivity contribution is 5.97. The van der Waals surface area contributed by atoms with Gasteiger partial charge in [0, 0.05) is 31.0 Å². The first-order chi connectivity index (χ1) is 12.9. The minimum absolute atomic E-state index is 0.290. The SMILES string of the molecule is CCOC(=O)c1ccc(NC(=O)NNC(=O)c2ccc(N(C)C)cc2)cc1. The van der Waals surface area contributed by atoms with Gasteiger partial charge in [0.25, 0.3) is 5.91 Å². The highest BCUT2D eigenvalue weighted by Gasteiger charge is 2.09. The number of urea groups is 1. The average molecular weight is 370 g/mol. The molecule has 0 aliphatic rings. The van der Waals surface area contributed by atoms with E-state index in [4.69, 9.17) is 4.74 Å². The Balaban J connectivity index is 1.85. The molecule has 0 saturated heterocycles. The van der Waals surface area contributed by atoms with Gasteiger partial charge >= 0.3 is 12.0 Å². The number of nitrogens with zero attached hydrogens (tertiary/aromatic N) is 1. The summed E-state index contributed by atoms with van der Waals surface area (Å²) < 4.78 is 4.89. The summed E-state index contributed by atoms with van der Waals surface area (Å²) in [4.78, 5) is 37.4. The summed E-state index contributed by atoms with van der Waals surface area (Å²) in [6, 6.07) is 12.5. The van der Waals surface area contributed by atoms with E-state index in [9.17, 15) is 14.4 Å². The zero-order chi connectivity index (χ0) is 19.8. The van der Waals surface area contributed by atoms with Crippen LogP contribution in [-0.2, 0) is 4.74 Å². The number of esters is 1. The number of hydrogen-bond donors (Lipinski definition) is 3. The van der Waals surface area contributed by atoms with Gasteiger partial charge in [-0.1, -0.05) is 0 Å². The first kappa shape index (κ1) is 19.8. The summed E-state index contributed by atoms with van der Waals surface area (Å²) in [5, 5.41) is 2.55. The molecule has 8 nitrogen and oxygen atoms in total. The average Bonchev–Trinajstić information content (AvgIpc) is 2.67. The van der Waals surface area contributed by atoms with Crippen molar-refractivity contribution in [2.24, 2.45) is 0 Å². The van der Waals surface area contributed by atoms with Gasteiger partial charge in [-0.3, -0.25) is 10.2 Å². The number of amides is 3. The van der Waals surface area contributed by atoms with E-state index in [1.165, 1.54) is 0 Å². The molecule has 0 atom stereocenters. The van der Waals surface area contributed by atoms with Crippen LogP contribution in [0.5, 0.6) is 0 Å². The molecule has 0 aromatic heterocycles. The number of hydrogen-bond acceptors (Lipinski definition) is 5. The Hall–Kier alpha value is -3.55. The van der Waals surface area contributed by atoms with Crippen LogP contribution in [-0.4, -0.2) is 38.6 Å². The Morgan fingerprint density at radius 2 is 1.48 bits per heavy atom. The maximum atomic E-state index is 12.0. The van der Waals surface area contributed by atoms with Gasteiger partial charge < -0.3 is 15.0 Å². The van der Waals surface area contributed by atoms with Crippen LogP contribution >= 0.6 is 0 Å². The quantitative estimate of drug-likeness (QED) is 0.554. The molecule has 0 aliphatic carbocycles. The summed E-state index contributed by atoms with van der Waals surface area (Å²) in [7, 11) is 3.81. The number of hydrazine groups is 1. The number of carbonyl (C=O) groups is 3. The molecule has 0 unspecified atom stereocenters. The van der Waals surface area contributed by atoms with E-state index < -0.39 is 17.9 Å². The van der Waals surface area contributed by atoms with Crippen LogP contribution in [0.3, 0.4) is 0 Å². The molecule has 0 fully saturated rings. The van der Waals surface area contributed by atoms with Crippen molar-refractivity contribution in [1.29, 1.82) is 0 Å².